The van der Waals surface area contributed by atoms with Crippen molar-refractivity contribution in [2.75, 3.05) is 25.6 Å². The fourth-order valence-electron chi connectivity index (χ4n) is 2.58. The molecule has 0 atom stereocenters. The van der Waals surface area contributed by atoms with Crippen molar-refractivity contribution in [1.82, 2.24) is 4.72 Å². The molecule has 0 aliphatic rings. The second-order valence-electron chi connectivity index (χ2n) is 7.24. The van der Waals surface area contributed by atoms with Crippen molar-refractivity contribution in [2.24, 2.45) is 5.92 Å². The molecule has 0 saturated carbocycles. The molecule has 0 bridgehead atoms. The van der Waals surface area contributed by atoms with E-state index < -0.39 is 10.0 Å². The molecule has 9 heteroatoms. The Morgan fingerprint density at radius 1 is 1.23 bits per heavy atom. The Labute approximate surface area is 188 Å². The van der Waals surface area contributed by atoms with Gasteiger partial charge in [-0.05, 0) is 35.7 Å². The van der Waals surface area contributed by atoms with Gasteiger partial charge in [0.1, 0.15) is 0 Å². The molecule has 2 N–H and O–H groups in total. The summed E-state index contributed by atoms with van der Waals surface area (Å²) in [7, 11) is -1.97. The first-order valence-electron chi connectivity index (χ1n) is 9.64. The normalized spacial score (nSPS) is 11.3. The Bertz CT molecular complexity index is 1020. The van der Waals surface area contributed by atoms with Crippen LogP contribution < -0.4 is 19.5 Å². The van der Waals surface area contributed by atoms with Crippen molar-refractivity contribution in [1.29, 1.82) is 0 Å². The Hall–Kier alpha value is -2.55. The molecule has 2 aromatic rings. The minimum absolute atomic E-state index is 0.167. The molecule has 0 aromatic heterocycles. The highest BCUT2D eigenvalue weighted by Gasteiger charge is 2.17. The molecule has 1 amide bonds. The standard InChI is InChI=1S/C22H27ClN2O5S/c1-5-10-24-31(27,28)14-16-6-8-18(9-7-16)25-22(26)17-11-19(23)21(20(12-17)29-4)30-13-15(2)3/h5-9,11-12,15,24H,1,10,13-14H2,2-4H3,(H,25,26). The lowest BCUT2D eigenvalue weighted by molar-refractivity contribution is 0.102. The molecule has 2 rings (SSSR count). The Balaban J connectivity index is 2.11. The third kappa shape index (κ3) is 7.57. The lowest BCUT2D eigenvalue weighted by atomic mass is 10.1. The lowest BCUT2D eigenvalue weighted by Gasteiger charge is -2.15. The quantitative estimate of drug-likeness (QED) is 0.483. The zero-order chi connectivity index (χ0) is 23.0. The minimum Gasteiger partial charge on any atom is -0.493 e. The Morgan fingerprint density at radius 3 is 2.48 bits per heavy atom. The first kappa shape index (κ1) is 24.7. The molecular formula is C22H27ClN2O5S. The molecule has 0 aliphatic carbocycles. The number of ether oxygens (including phenoxy) is 2. The van der Waals surface area contributed by atoms with Gasteiger partial charge in [-0.2, -0.15) is 0 Å². The molecule has 7 nitrogen and oxygen atoms in total. The van der Waals surface area contributed by atoms with Crippen LogP contribution in [-0.4, -0.2) is 34.6 Å². The third-order valence-corrected chi connectivity index (χ3v) is 5.67. The highest BCUT2D eigenvalue weighted by Crippen LogP contribution is 2.37. The summed E-state index contributed by atoms with van der Waals surface area (Å²) in [5.74, 6) is 0.513. The molecule has 2 aromatic carbocycles. The maximum absolute atomic E-state index is 12.7. The van der Waals surface area contributed by atoms with E-state index in [0.717, 1.165) is 0 Å². The molecule has 31 heavy (non-hydrogen) atoms. The summed E-state index contributed by atoms with van der Waals surface area (Å²) in [6, 6.07) is 9.62. The second-order valence-corrected chi connectivity index (χ2v) is 9.46. The van der Waals surface area contributed by atoms with E-state index in [9.17, 15) is 13.2 Å². The van der Waals surface area contributed by atoms with Crippen LogP contribution in [0.2, 0.25) is 5.02 Å². The number of carbonyl (C=O) groups is 1. The van der Waals surface area contributed by atoms with Crippen LogP contribution in [0, 0.1) is 5.92 Å². The smallest absolute Gasteiger partial charge is 0.255 e. The number of amides is 1. The van der Waals surface area contributed by atoms with Gasteiger partial charge in [-0.3, -0.25) is 4.79 Å². The van der Waals surface area contributed by atoms with E-state index >= 15 is 0 Å². The first-order valence-corrected chi connectivity index (χ1v) is 11.7. The minimum atomic E-state index is -3.45. The summed E-state index contributed by atoms with van der Waals surface area (Å²) in [5.41, 5.74) is 1.41. The predicted molar refractivity (Wildman–Crippen MR) is 124 cm³/mol. The van der Waals surface area contributed by atoms with Crippen LogP contribution >= 0.6 is 11.6 Å². The van der Waals surface area contributed by atoms with Gasteiger partial charge in [0.2, 0.25) is 10.0 Å². The van der Waals surface area contributed by atoms with Gasteiger partial charge < -0.3 is 14.8 Å². The summed E-state index contributed by atoms with van der Waals surface area (Å²) in [4.78, 5) is 12.7. The molecule has 168 valence electrons. The average molecular weight is 467 g/mol. The Morgan fingerprint density at radius 2 is 1.90 bits per heavy atom. The van der Waals surface area contributed by atoms with E-state index in [4.69, 9.17) is 21.1 Å². The van der Waals surface area contributed by atoms with Gasteiger partial charge in [0.25, 0.3) is 5.91 Å². The number of sulfonamides is 1. The molecular weight excluding hydrogens is 440 g/mol. The topological polar surface area (TPSA) is 93.7 Å². The fourth-order valence-corrected chi connectivity index (χ4v) is 3.96. The van der Waals surface area contributed by atoms with E-state index in [-0.39, 0.29) is 23.2 Å². The van der Waals surface area contributed by atoms with Crippen molar-refractivity contribution >= 4 is 33.2 Å². The van der Waals surface area contributed by atoms with Gasteiger partial charge in [0.05, 0.1) is 24.5 Å². The van der Waals surface area contributed by atoms with Crippen LogP contribution in [0.5, 0.6) is 11.5 Å². The first-order chi connectivity index (χ1) is 14.6. The number of halogens is 1. The van der Waals surface area contributed by atoms with Gasteiger partial charge >= 0.3 is 0 Å². The van der Waals surface area contributed by atoms with Crippen LogP contribution in [0.25, 0.3) is 0 Å². The summed E-state index contributed by atoms with van der Waals surface area (Å²) in [5, 5.41) is 3.03. The number of nitrogens with one attached hydrogen (secondary N) is 2. The monoisotopic (exact) mass is 466 g/mol. The third-order valence-electron chi connectivity index (χ3n) is 4.07. The number of carbonyl (C=O) groups excluding carboxylic acids is 1. The highest BCUT2D eigenvalue weighted by atomic mass is 35.5. The number of methoxy groups -OCH3 is 1. The van der Waals surface area contributed by atoms with Gasteiger partial charge in [-0.15, -0.1) is 6.58 Å². The van der Waals surface area contributed by atoms with Gasteiger partial charge in [0, 0.05) is 17.8 Å². The van der Waals surface area contributed by atoms with Crippen molar-refractivity contribution < 1.29 is 22.7 Å². The van der Waals surface area contributed by atoms with Crippen molar-refractivity contribution in [3.05, 3.63) is 65.2 Å². The average Bonchev–Trinajstić information content (AvgIpc) is 2.71. The van der Waals surface area contributed by atoms with E-state index in [2.05, 4.69) is 16.6 Å². The highest BCUT2D eigenvalue weighted by molar-refractivity contribution is 7.88. The molecule has 0 spiro atoms. The maximum Gasteiger partial charge on any atom is 0.255 e. The van der Waals surface area contributed by atoms with Gasteiger partial charge in [-0.25, -0.2) is 13.1 Å². The molecule has 0 saturated heterocycles. The van der Waals surface area contributed by atoms with Crippen LogP contribution in [0.1, 0.15) is 29.8 Å². The molecule has 0 aliphatic heterocycles. The SMILES string of the molecule is C=CCNS(=O)(=O)Cc1ccc(NC(=O)c2cc(Cl)c(OCC(C)C)c(OC)c2)cc1. The van der Waals surface area contributed by atoms with Crippen LogP contribution in [0.15, 0.2) is 49.1 Å². The molecule has 0 heterocycles. The summed E-state index contributed by atoms with van der Waals surface area (Å²) in [6.07, 6.45) is 1.47. The molecule has 0 fully saturated rings. The van der Waals surface area contributed by atoms with Crippen LogP contribution in [0.3, 0.4) is 0 Å². The number of anilines is 1. The summed E-state index contributed by atoms with van der Waals surface area (Å²) < 4.78 is 37.3. The number of benzene rings is 2. The van der Waals surface area contributed by atoms with Crippen molar-refractivity contribution in [3.63, 3.8) is 0 Å². The number of rotatable bonds is 11. The van der Waals surface area contributed by atoms with Crippen LogP contribution in [-0.2, 0) is 15.8 Å². The molecule has 0 unspecified atom stereocenters. The Kier molecular flexibility index (Phi) is 8.91. The fraction of sp³-hybridized carbons (Fsp3) is 0.318. The summed E-state index contributed by atoms with van der Waals surface area (Å²) >= 11 is 6.31. The molecule has 0 radical (unpaired) electrons. The van der Waals surface area contributed by atoms with Crippen molar-refractivity contribution in [2.45, 2.75) is 19.6 Å². The largest absolute Gasteiger partial charge is 0.493 e. The number of hydrogen-bond donors (Lipinski definition) is 2. The van der Waals surface area contributed by atoms with Gasteiger partial charge in [0.15, 0.2) is 11.5 Å². The second kappa shape index (κ2) is 11.2. The predicted octanol–water partition coefficient (Wildman–Crippen LogP) is 4.24. The number of hydrogen-bond acceptors (Lipinski definition) is 5. The van der Waals surface area contributed by atoms with Crippen molar-refractivity contribution in [3.8, 4) is 11.5 Å². The van der Waals surface area contributed by atoms with Crippen LogP contribution in [0.4, 0.5) is 5.69 Å². The van der Waals surface area contributed by atoms with Gasteiger partial charge in [-0.1, -0.05) is 43.7 Å². The van der Waals surface area contributed by atoms with E-state index in [1.807, 2.05) is 13.8 Å². The van der Waals surface area contributed by atoms with E-state index in [0.29, 0.717) is 40.8 Å². The lowest BCUT2D eigenvalue weighted by Crippen LogP contribution is -2.25. The van der Waals surface area contributed by atoms with E-state index in [1.54, 1.807) is 30.3 Å². The maximum atomic E-state index is 12.7. The van der Waals surface area contributed by atoms with E-state index in [1.165, 1.54) is 19.3 Å². The summed E-state index contributed by atoms with van der Waals surface area (Å²) in [6.45, 7) is 8.15. The zero-order valence-corrected chi connectivity index (χ0v) is 19.3. The zero-order valence-electron chi connectivity index (χ0n) is 17.8.